The van der Waals surface area contributed by atoms with Gasteiger partial charge in [0.1, 0.15) is 5.60 Å². The Morgan fingerprint density at radius 1 is 1.28 bits per heavy atom. The molecule has 0 N–H and O–H groups in total. The van der Waals surface area contributed by atoms with Gasteiger partial charge in [0.05, 0.1) is 19.2 Å². The summed E-state index contributed by atoms with van der Waals surface area (Å²) in [5.74, 6) is 0.881. The molecule has 136 valence electrons. The van der Waals surface area contributed by atoms with Crippen LogP contribution in [0.3, 0.4) is 0 Å². The van der Waals surface area contributed by atoms with Gasteiger partial charge in [0.25, 0.3) is 5.91 Å². The molecule has 0 unspecified atom stereocenters. The van der Waals surface area contributed by atoms with Crippen LogP contribution in [0, 0.1) is 12.8 Å². The van der Waals surface area contributed by atoms with E-state index in [2.05, 4.69) is 0 Å². The minimum absolute atomic E-state index is 0.118. The van der Waals surface area contributed by atoms with Gasteiger partial charge in [-0.05, 0) is 44.2 Å². The standard InChI is InChI=1S/C21H29NO3/c1-16-5-4-8-18(11-16)20(23)22-14-21(15-22)12-19(9-10-25-21)24-13-17-6-2-3-7-17/h4-5,8,11,17,19H,2-3,6-7,9-10,12-15H2,1H3/t19-/m1/s1. The molecule has 0 radical (unpaired) electrons. The maximum Gasteiger partial charge on any atom is 0.254 e. The molecule has 4 heteroatoms. The number of carbonyl (C=O) groups excluding carboxylic acids is 1. The van der Waals surface area contributed by atoms with Crippen molar-refractivity contribution in [3.8, 4) is 0 Å². The third kappa shape index (κ3) is 3.75. The van der Waals surface area contributed by atoms with Gasteiger partial charge in [0.2, 0.25) is 0 Å². The van der Waals surface area contributed by atoms with Crippen LogP contribution in [0.1, 0.15) is 54.4 Å². The minimum Gasteiger partial charge on any atom is -0.378 e. The highest BCUT2D eigenvalue weighted by molar-refractivity contribution is 5.95. The van der Waals surface area contributed by atoms with Crippen molar-refractivity contribution in [2.75, 3.05) is 26.3 Å². The van der Waals surface area contributed by atoms with Gasteiger partial charge in [0.15, 0.2) is 0 Å². The molecule has 25 heavy (non-hydrogen) atoms. The van der Waals surface area contributed by atoms with Gasteiger partial charge in [-0.15, -0.1) is 0 Å². The summed E-state index contributed by atoms with van der Waals surface area (Å²) in [7, 11) is 0. The fourth-order valence-electron chi connectivity index (χ4n) is 4.55. The van der Waals surface area contributed by atoms with Crippen LogP contribution >= 0.6 is 0 Å². The molecule has 0 bridgehead atoms. The molecule has 0 aromatic heterocycles. The van der Waals surface area contributed by atoms with Crippen molar-refractivity contribution in [3.63, 3.8) is 0 Å². The number of amides is 1. The molecule has 1 atom stereocenters. The lowest BCUT2D eigenvalue weighted by molar-refractivity contribution is -0.187. The van der Waals surface area contributed by atoms with Crippen molar-refractivity contribution in [1.29, 1.82) is 0 Å². The van der Waals surface area contributed by atoms with Crippen LogP contribution in [0.4, 0.5) is 0 Å². The third-order valence-corrected chi connectivity index (χ3v) is 6.00. The molecule has 3 fully saturated rings. The smallest absolute Gasteiger partial charge is 0.254 e. The van der Waals surface area contributed by atoms with Crippen molar-refractivity contribution in [1.82, 2.24) is 4.90 Å². The number of hydrogen-bond acceptors (Lipinski definition) is 3. The van der Waals surface area contributed by atoms with Gasteiger partial charge in [-0.3, -0.25) is 4.79 Å². The van der Waals surface area contributed by atoms with E-state index in [1.165, 1.54) is 25.7 Å². The predicted molar refractivity (Wildman–Crippen MR) is 96.7 cm³/mol. The zero-order chi connectivity index (χ0) is 17.3. The SMILES string of the molecule is Cc1cccc(C(=O)N2CC3(C[C@H](OCC4CCCC4)CCO3)C2)c1. The highest BCUT2D eigenvalue weighted by Crippen LogP contribution is 2.36. The quantitative estimate of drug-likeness (QED) is 0.839. The van der Waals surface area contributed by atoms with E-state index in [-0.39, 0.29) is 11.5 Å². The largest absolute Gasteiger partial charge is 0.378 e. The zero-order valence-electron chi connectivity index (χ0n) is 15.2. The van der Waals surface area contributed by atoms with E-state index < -0.39 is 0 Å². The van der Waals surface area contributed by atoms with Gasteiger partial charge in [-0.2, -0.15) is 0 Å². The number of nitrogens with zero attached hydrogens (tertiary/aromatic N) is 1. The molecule has 4 rings (SSSR count). The first-order valence-corrected chi connectivity index (χ1v) is 9.75. The van der Waals surface area contributed by atoms with Crippen molar-refractivity contribution in [2.24, 2.45) is 5.92 Å². The second-order valence-corrected chi connectivity index (χ2v) is 8.16. The molecular weight excluding hydrogens is 314 g/mol. The first kappa shape index (κ1) is 17.0. The lowest BCUT2D eigenvalue weighted by Crippen LogP contribution is -2.67. The van der Waals surface area contributed by atoms with Crippen LogP contribution in [-0.2, 0) is 9.47 Å². The molecule has 2 aliphatic heterocycles. The van der Waals surface area contributed by atoms with E-state index in [0.29, 0.717) is 19.2 Å². The number of hydrogen-bond donors (Lipinski definition) is 0. The van der Waals surface area contributed by atoms with E-state index >= 15 is 0 Å². The summed E-state index contributed by atoms with van der Waals surface area (Å²) in [6.07, 6.45) is 7.59. The van der Waals surface area contributed by atoms with E-state index in [1.54, 1.807) is 0 Å². The highest BCUT2D eigenvalue weighted by Gasteiger charge is 2.49. The van der Waals surface area contributed by atoms with Crippen molar-refractivity contribution in [3.05, 3.63) is 35.4 Å². The zero-order valence-corrected chi connectivity index (χ0v) is 15.2. The second kappa shape index (κ2) is 7.08. The van der Waals surface area contributed by atoms with E-state index in [9.17, 15) is 4.79 Å². The Labute approximate surface area is 150 Å². The predicted octanol–water partition coefficient (Wildman–Crippen LogP) is 3.58. The summed E-state index contributed by atoms with van der Waals surface area (Å²) < 4.78 is 12.3. The molecule has 1 amide bonds. The minimum atomic E-state index is -0.169. The van der Waals surface area contributed by atoms with E-state index in [4.69, 9.17) is 9.47 Å². The van der Waals surface area contributed by atoms with Crippen LogP contribution in [0.2, 0.25) is 0 Å². The van der Waals surface area contributed by atoms with Gasteiger partial charge in [-0.25, -0.2) is 0 Å². The summed E-state index contributed by atoms with van der Waals surface area (Å²) in [5, 5.41) is 0. The fourth-order valence-corrected chi connectivity index (χ4v) is 4.55. The summed E-state index contributed by atoms with van der Waals surface area (Å²) in [4.78, 5) is 14.5. The number of likely N-dealkylation sites (tertiary alicyclic amines) is 1. The fraction of sp³-hybridized carbons (Fsp3) is 0.667. The molecule has 3 aliphatic rings. The second-order valence-electron chi connectivity index (χ2n) is 8.16. The Bertz CT molecular complexity index is 617. The van der Waals surface area contributed by atoms with Gasteiger partial charge >= 0.3 is 0 Å². The lowest BCUT2D eigenvalue weighted by Gasteiger charge is -2.53. The monoisotopic (exact) mass is 343 g/mol. The molecule has 1 aliphatic carbocycles. The van der Waals surface area contributed by atoms with E-state index in [0.717, 1.165) is 43.1 Å². The summed E-state index contributed by atoms with van der Waals surface area (Å²) in [6, 6.07) is 7.82. The molecule has 1 saturated carbocycles. The molecule has 2 heterocycles. The molecule has 1 aromatic carbocycles. The Balaban J connectivity index is 1.29. The first-order chi connectivity index (χ1) is 12.1. The molecular formula is C21H29NO3. The average Bonchev–Trinajstić information content (AvgIpc) is 3.11. The molecule has 1 spiro atoms. The topological polar surface area (TPSA) is 38.8 Å². The Kier molecular flexibility index (Phi) is 4.83. The molecule has 2 saturated heterocycles. The Morgan fingerprint density at radius 2 is 2.08 bits per heavy atom. The molecule has 4 nitrogen and oxygen atoms in total. The number of rotatable bonds is 4. The number of ether oxygens (including phenoxy) is 2. The summed E-state index contributed by atoms with van der Waals surface area (Å²) in [5.41, 5.74) is 1.73. The normalized spacial score (nSPS) is 26.0. The Hall–Kier alpha value is -1.39. The first-order valence-electron chi connectivity index (χ1n) is 9.75. The van der Waals surface area contributed by atoms with Crippen molar-refractivity contribution in [2.45, 2.75) is 57.2 Å². The van der Waals surface area contributed by atoms with Gasteiger partial charge in [0, 0.05) is 25.2 Å². The van der Waals surface area contributed by atoms with Crippen LogP contribution in [0.25, 0.3) is 0 Å². The van der Waals surface area contributed by atoms with Gasteiger partial charge < -0.3 is 14.4 Å². The number of aryl methyl sites for hydroxylation is 1. The third-order valence-electron chi connectivity index (χ3n) is 6.00. The van der Waals surface area contributed by atoms with Crippen LogP contribution < -0.4 is 0 Å². The lowest BCUT2D eigenvalue weighted by atomic mass is 9.84. The van der Waals surface area contributed by atoms with Crippen molar-refractivity contribution < 1.29 is 14.3 Å². The number of benzene rings is 1. The average molecular weight is 343 g/mol. The van der Waals surface area contributed by atoms with E-state index in [1.807, 2.05) is 36.1 Å². The number of carbonyl (C=O) groups is 1. The van der Waals surface area contributed by atoms with Gasteiger partial charge in [-0.1, -0.05) is 30.5 Å². The highest BCUT2D eigenvalue weighted by atomic mass is 16.5. The Morgan fingerprint density at radius 3 is 2.84 bits per heavy atom. The van der Waals surface area contributed by atoms with Crippen LogP contribution in [0.5, 0.6) is 0 Å². The van der Waals surface area contributed by atoms with Crippen LogP contribution in [0.15, 0.2) is 24.3 Å². The summed E-state index contributed by atoms with van der Waals surface area (Å²) in [6.45, 7) is 5.07. The van der Waals surface area contributed by atoms with Crippen LogP contribution in [-0.4, -0.2) is 48.8 Å². The summed E-state index contributed by atoms with van der Waals surface area (Å²) >= 11 is 0. The maximum absolute atomic E-state index is 12.6. The van der Waals surface area contributed by atoms with Crippen molar-refractivity contribution >= 4 is 5.91 Å². The molecule has 1 aromatic rings. The maximum atomic E-state index is 12.6.